The summed E-state index contributed by atoms with van der Waals surface area (Å²) in [6, 6.07) is 0. The van der Waals surface area contributed by atoms with Crippen LogP contribution in [0.2, 0.25) is 5.15 Å². The van der Waals surface area contributed by atoms with Crippen LogP contribution in [0.15, 0.2) is 6.33 Å². The maximum atomic E-state index is 11.0. The third-order valence-corrected chi connectivity index (χ3v) is 3.30. The molecule has 0 bridgehead atoms. The molecule has 0 unspecified atom stereocenters. The van der Waals surface area contributed by atoms with Crippen LogP contribution in [0.25, 0.3) is 0 Å². The van der Waals surface area contributed by atoms with Gasteiger partial charge in [0.15, 0.2) is 0 Å². The minimum atomic E-state index is -3.16. The Balaban J connectivity index is 3.02. The smallest absolute Gasteiger partial charge is 0.348 e. The first-order chi connectivity index (χ1) is 8.22. The first-order valence-corrected chi connectivity index (χ1v) is 7.20. The van der Waals surface area contributed by atoms with Gasteiger partial charge in [-0.25, -0.2) is 18.4 Å². The molecule has 1 rings (SSSR count). The lowest BCUT2D eigenvalue weighted by atomic mass is 10.4. The highest BCUT2D eigenvalue weighted by Crippen LogP contribution is 2.30. The van der Waals surface area contributed by atoms with Gasteiger partial charge in [-0.2, -0.15) is 0 Å². The van der Waals surface area contributed by atoms with Crippen molar-refractivity contribution in [3.05, 3.63) is 21.6 Å². The molecule has 0 aliphatic heterocycles. The van der Waals surface area contributed by atoms with E-state index in [2.05, 4.69) is 9.97 Å². The summed E-state index contributed by atoms with van der Waals surface area (Å²) in [4.78, 5) is 18.8. The van der Waals surface area contributed by atoms with Crippen LogP contribution in [0.3, 0.4) is 0 Å². The Morgan fingerprint density at radius 3 is 2.61 bits per heavy atom. The second kappa shape index (κ2) is 5.44. The fourth-order valence-electron chi connectivity index (χ4n) is 1.19. The Bertz CT molecular complexity index is 562. The summed E-state index contributed by atoms with van der Waals surface area (Å²) in [5.41, 5.74) is -0.435. The van der Waals surface area contributed by atoms with Gasteiger partial charge >= 0.3 is 5.69 Å². The molecule has 0 fully saturated rings. The van der Waals surface area contributed by atoms with E-state index in [9.17, 15) is 18.5 Å². The fraction of sp³-hybridized carbons (Fsp3) is 0.500. The van der Waals surface area contributed by atoms with Crippen LogP contribution in [-0.4, -0.2) is 48.9 Å². The number of nitrogens with zero attached hydrogens (tertiary/aromatic N) is 4. The quantitative estimate of drug-likeness (QED) is 0.442. The second-order valence-electron chi connectivity index (χ2n) is 3.65. The number of nitro groups is 1. The van der Waals surface area contributed by atoms with Crippen molar-refractivity contribution in [3.63, 3.8) is 0 Å². The second-order valence-corrected chi connectivity index (χ2v) is 6.26. The van der Waals surface area contributed by atoms with Crippen LogP contribution in [0.1, 0.15) is 0 Å². The Morgan fingerprint density at radius 2 is 2.11 bits per heavy atom. The topological polar surface area (TPSA) is 106 Å². The number of sulfone groups is 1. The Kier molecular flexibility index (Phi) is 4.41. The SMILES string of the molecule is CN(CCS(C)(=O)=O)c1ncnc(Cl)c1[N+](=O)[O-]. The molecule has 0 aliphatic rings. The lowest BCUT2D eigenvalue weighted by molar-refractivity contribution is -0.384. The molecule has 0 saturated heterocycles. The number of halogens is 1. The van der Waals surface area contributed by atoms with E-state index in [0.717, 1.165) is 12.6 Å². The van der Waals surface area contributed by atoms with E-state index in [1.165, 1.54) is 11.9 Å². The first kappa shape index (κ1) is 14.6. The van der Waals surface area contributed by atoms with E-state index in [0.29, 0.717) is 0 Å². The van der Waals surface area contributed by atoms with Gasteiger partial charge in [0.2, 0.25) is 11.0 Å². The summed E-state index contributed by atoms with van der Waals surface area (Å²) in [6.07, 6.45) is 2.17. The Labute approximate surface area is 109 Å². The van der Waals surface area contributed by atoms with E-state index in [1.807, 2.05) is 0 Å². The molecular formula is C8H11ClN4O4S. The molecule has 100 valence electrons. The summed E-state index contributed by atoms with van der Waals surface area (Å²) in [5, 5.41) is 10.6. The maximum Gasteiger partial charge on any atom is 0.348 e. The number of rotatable bonds is 5. The van der Waals surface area contributed by atoms with Gasteiger partial charge in [-0.3, -0.25) is 10.1 Å². The van der Waals surface area contributed by atoms with Crippen molar-refractivity contribution < 1.29 is 13.3 Å². The molecule has 0 saturated carbocycles. The average molecular weight is 295 g/mol. The van der Waals surface area contributed by atoms with Crippen LogP contribution < -0.4 is 4.90 Å². The molecule has 0 amide bonds. The van der Waals surface area contributed by atoms with E-state index < -0.39 is 20.4 Å². The van der Waals surface area contributed by atoms with Crippen molar-refractivity contribution in [1.82, 2.24) is 9.97 Å². The third kappa shape index (κ3) is 3.77. The van der Waals surface area contributed by atoms with Gasteiger partial charge in [-0.15, -0.1) is 0 Å². The van der Waals surface area contributed by atoms with Gasteiger partial charge in [0.25, 0.3) is 0 Å². The zero-order chi connectivity index (χ0) is 13.9. The zero-order valence-electron chi connectivity index (χ0n) is 9.70. The van der Waals surface area contributed by atoms with Gasteiger partial charge in [0.05, 0.1) is 10.7 Å². The largest absolute Gasteiger partial charge is 0.353 e. The van der Waals surface area contributed by atoms with Crippen LogP contribution in [0, 0.1) is 10.1 Å². The Morgan fingerprint density at radius 1 is 1.50 bits per heavy atom. The summed E-state index contributed by atoms with van der Waals surface area (Å²) in [7, 11) is -1.66. The fourth-order valence-corrected chi connectivity index (χ4v) is 2.00. The molecule has 0 atom stereocenters. The molecule has 0 N–H and O–H groups in total. The summed E-state index contributed by atoms with van der Waals surface area (Å²) < 4.78 is 22.1. The van der Waals surface area contributed by atoms with Crippen molar-refractivity contribution in [2.45, 2.75) is 0 Å². The first-order valence-electron chi connectivity index (χ1n) is 4.76. The van der Waals surface area contributed by atoms with E-state index in [4.69, 9.17) is 11.6 Å². The highest BCUT2D eigenvalue weighted by molar-refractivity contribution is 7.90. The summed E-state index contributed by atoms with van der Waals surface area (Å²) in [6.45, 7) is 0.0764. The van der Waals surface area contributed by atoms with Crippen molar-refractivity contribution >= 4 is 32.9 Å². The van der Waals surface area contributed by atoms with Crippen molar-refractivity contribution in [2.75, 3.05) is 30.5 Å². The molecule has 1 aromatic heterocycles. The molecule has 8 nitrogen and oxygen atoms in total. The molecule has 0 aromatic carbocycles. The minimum Gasteiger partial charge on any atom is -0.353 e. The number of hydrogen-bond acceptors (Lipinski definition) is 7. The molecule has 1 aromatic rings. The van der Waals surface area contributed by atoms with Crippen LogP contribution in [0.4, 0.5) is 11.5 Å². The summed E-state index contributed by atoms with van der Waals surface area (Å²) in [5.74, 6) is -0.147. The third-order valence-electron chi connectivity index (χ3n) is 2.10. The molecule has 10 heteroatoms. The highest BCUT2D eigenvalue weighted by atomic mass is 35.5. The summed E-state index contributed by atoms with van der Waals surface area (Å²) >= 11 is 5.62. The number of anilines is 1. The van der Waals surface area contributed by atoms with Crippen LogP contribution >= 0.6 is 11.6 Å². The normalized spacial score (nSPS) is 11.3. The van der Waals surface area contributed by atoms with Gasteiger partial charge in [0, 0.05) is 19.8 Å². The zero-order valence-corrected chi connectivity index (χ0v) is 11.3. The van der Waals surface area contributed by atoms with Gasteiger partial charge in [-0.05, 0) is 0 Å². The minimum absolute atomic E-state index is 0.0105. The predicted octanol–water partition coefficient (Wildman–Crippen LogP) is 0.519. The lowest BCUT2D eigenvalue weighted by Gasteiger charge is -2.17. The molecule has 0 aliphatic carbocycles. The lowest BCUT2D eigenvalue weighted by Crippen LogP contribution is -2.26. The van der Waals surface area contributed by atoms with Gasteiger partial charge < -0.3 is 4.90 Å². The van der Waals surface area contributed by atoms with Crippen molar-refractivity contribution in [2.24, 2.45) is 0 Å². The van der Waals surface area contributed by atoms with Crippen LogP contribution in [-0.2, 0) is 9.84 Å². The van der Waals surface area contributed by atoms with Crippen molar-refractivity contribution in [3.8, 4) is 0 Å². The van der Waals surface area contributed by atoms with E-state index in [-0.39, 0.29) is 23.3 Å². The molecule has 1 heterocycles. The molecular weight excluding hydrogens is 284 g/mol. The van der Waals surface area contributed by atoms with E-state index in [1.54, 1.807) is 0 Å². The Hall–Kier alpha value is -1.48. The number of aromatic nitrogens is 2. The van der Waals surface area contributed by atoms with Gasteiger partial charge in [-0.1, -0.05) is 11.6 Å². The predicted molar refractivity (Wildman–Crippen MR) is 66.7 cm³/mol. The molecule has 0 radical (unpaired) electrons. The maximum absolute atomic E-state index is 11.0. The van der Waals surface area contributed by atoms with E-state index >= 15 is 0 Å². The molecule has 0 spiro atoms. The van der Waals surface area contributed by atoms with Gasteiger partial charge in [0.1, 0.15) is 16.2 Å². The molecule has 18 heavy (non-hydrogen) atoms. The van der Waals surface area contributed by atoms with Crippen molar-refractivity contribution in [1.29, 1.82) is 0 Å². The standard InChI is InChI=1S/C8H11ClN4O4S/c1-12(3-4-18(2,16)17)8-6(13(14)15)7(9)10-5-11-8/h5H,3-4H2,1-2H3. The highest BCUT2D eigenvalue weighted by Gasteiger charge is 2.24. The van der Waals surface area contributed by atoms with Crippen LogP contribution in [0.5, 0.6) is 0 Å². The monoisotopic (exact) mass is 294 g/mol. The number of hydrogen-bond donors (Lipinski definition) is 0. The average Bonchev–Trinajstić information content (AvgIpc) is 2.24.